The molecule has 1 heterocycles. The summed E-state index contributed by atoms with van der Waals surface area (Å²) < 4.78 is 27.8. The van der Waals surface area contributed by atoms with Crippen LogP contribution in [-0.4, -0.2) is 32.9 Å². The van der Waals surface area contributed by atoms with E-state index in [0.29, 0.717) is 22.9 Å². The molecule has 7 heteroatoms. The van der Waals surface area contributed by atoms with E-state index in [-0.39, 0.29) is 17.4 Å². The summed E-state index contributed by atoms with van der Waals surface area (Å²) in [6.45, 7) is 0. The summed E-state index contributed by atoms with van der Waals surface area (Å²) in [5, 5.41) is 3.14. The van der Waals surface area contributed by atoms with Crippen LogP contribution in [0.3, 0.4) is 0 Å². The third-order valence-electron chi connectivity index (χ3n) is 3.02. The lowest BCUT2D eigenvalue weighted by Crippen LogP contribution is -2.23. The number of halogens is 1. The number of benzene rings is 1. The second-order valence-corrected chi connectivity index (χ2v) is 7.10. The minimum atomic E-state index is -3.07. The zero-order chi connectivity index (χ0) is 14.0. The Bertz CT molecular complexity index is 600. The molecule has 104 valence electrons. The Morgan fingerprint density at radius 2 is 2.21 bits per heavy atom. The molecule has 1 amide bonds. The SMILES string of the molecule is COc1ccc(Cl)cc1NC(=O)C1CCS(=O)(=O)C1. The van der Waals surface area contributed by atoms with E-state index < -0.39 is 15.8 Å². The molecule has 1 N–H and O–H groups in total. The van der Waals surface area contributed by atoms with E-state index in [1.54, 1.807) is 18.2 Å². The standard InChI is InChI=1S/C12H14ClNO4S/c1-18-11-3-2-9(13)6-10(11)14-12(15)8-4-5-19(16,17)7-8/h2-3,6,8H,4-5,7H2,1H3,(H,14,15). The number of rotatable bonds is 3. The van der Waals surface area contributed by atoms with E-state index in [9.17, 15) is 13.2 Å². The van der Waals surface area contributed by atoms with Crippen molar-refractivity contribution >= 4 is 33.0 Å². The minimum Gasteiger partial charge on any atom is -0.495 e. The molecule has 1 aliphatic rings. The van der Waals surface area contributed by atoms with Crippen LogP contribution in [0.25, 0.3) is 0 Å². The van der Waals surface area contributed by atoms with Crippen LogP contribution in [0.15, 0.2) is 18.2 Å². The molecule has 0 radical (unpaired) electrons. The van der Waals surface area contributed by atoms with E-state index in [1.165, 1.54) is 7.11 Å². The highest BCUT2D eigenvalue weighted by atomic mass is 35.5. The maximum Gasteiger partial charge on any atom is 0.228 e. The van der Waals surface area contributed by atoms with Gasteiger partial charge in [-0.1, -0.05) is 11.6 Å². The predicted molar refractivity (Wildman–Crippen MR) is 73.4 cm³/mol. The van der Waals surface area contributed by atoms with Crippen molar-refractivity contribution in [3.63, 3.8) is 0 Å². The van der Waals surface area contributed by atoms with Crippen LogP contribution in [0.1, 0.15) is 6.42 Å². The van der Waals surface area contributed by atoms with Gasteiger partial charge in [0, 0.05) is 5.02 Å². The summed E-state index contributed by atoms with van der Waals surface area (Å²) in [6.07, 6.45) is 0.358. The first-order chi connectivity index (χ1) is 8.91. The summed E-state index contributed by atoms with van der Waals surface area (Å²) in [7, 11) is -1.59. The highest BCUT2D eigenvalue weighted by Crippen LogP contribution is 2.29. The molecule has 19 heavy (non-hydrogen) atoms. The third kappa shape index (κ3) is 3.39. The van der Waals surface area contributed by atoms with Gasteiger partial charge in [0.15, 0.2) is 9.84 Å². The zero-order valence-electron chi connectivity index (χ0n) is 10.3. The first kappa shape index (κ1) is 14.1. The molecular weight excluding hydrogens is 290 g/mol. The normalized spacial score (nSPS) is 21.1. The average Bonchev–Trinajstić information content (AvgIpc) is 2.70. The van der Waals surface area contributed by atoms with Gasteiger partial charge in [-0.3, -0.25) is 4.79 Å². The number of hydrogen-bond donors (Lipinski definition) is 1. The van der Waals surface area contributed by atoms with Crippen molar-refractivity contribution in [1.29, 1.82) is 0 Å². The molecular formula is C12H14ClNO4S. The fraction of sp³-hybridized carbons (Fsp3) is 0.417. The van der Waals surface area contributed by atoms with Crippen molar-refractivity contribution in [3.05, 3.63) is 23.2 Å². The van der Waals surface area contributed by atoms with Crippen LogP contribution in [0.2, 0.25) is 5.02 Å². The second-order valence-electron chi connectivity index (χ2n) is 4.43. The number of hydrogen-bond acceptors (Lipinski definition) is 4. The molecule has 1 aromatic rings. The van der Waals surface area contributed by atoms with Gasteiger partial charge in [-0.2, -0.15) is 0 Å². The van der Waals surface area contributed by atoms with Crippen molar-refractivity contribution in [1.82, 2.24) is 0 Å². The molecule has 0 saturated carbocycles. The molecule has 0 bridgehead atoms. The molecule has 0 spiro atoms. The summed E-state index contributed by atoms with van der Waals surface area (Å²) in [5.41, 5.74) is 0.448. The van der Waals surface area contributed by atoms with Crippen molar-refractivity contribution in [2.24, 2.45) is 5.92 Å². The van der Waals surface area contributed by atoms with Gasteiger partial charge in [-0.05, 0) is 24.6 Å². The molecule has 0 aliphatic carbocycles. The largest absolute Gasteiger partial charge is 0.495 e. The monoisotopic (exact) mass is 303 g/mol. The van der Waals surface area contributed by atoms with Gasteiger partial charge >= 0.3 is 0 Å². The van der Waals surface area contributed by atoms with Gasteiger partial charge in [-0.15, -0.1) is 0 Å². The fourth-order valence-electron chi connectivity index (χ4n) is 2.01. The van der Waals surface area contributed by atoms with Crippen molar-refractivity contribution in [2.75, 3.05) is 23.9 Å². The Balaban J connectivity index is 2.13. The van der Waals surface area contributed by atoms with Crippen LogP contribution in [0.5, 0.6) is 5.75 Å². The van der Waals surface area contributed by atoms with Crippen LogP contribution in [-0.2, 0) is 14.6 Å². The van der Waals surface area contributed by atoms with Crippen LogP contribution in [0.4, 0.5) is 5.69 Å². The lowest BCUT2D eigenvalue weighted by molar-refractivity contribution is -0.119. The van der Waals surface area contributed by atoms with Crippen LogP contribution >= 0.6 is 11.6 Å². The molecule has 1 aromatic carbocycles. The molecule has 5 nitrogen and oxygen atoms in total. The number of sulfone groups is 1. The van der Waals surface area contributed by atoms with E-state index in [0.717, 1.165) is 0 Å². The maximum absolute atomic E-state index is 12.0. The van der Waals surface area contributed by atoms with Gasteiger partial charge in [0.05, 0.1) is 30.2 Å². The van der Waals surface area contributed by atoms with Crippen LogP contribution in [0, 0.1) is 5.92 Å². The fourth-order valence-corrected chi connectivity index (χ4v) is 3.93. The Kier molecular flexibility index (Phi) is 4.01. The maximum atomic E-state index is 12.0. The van der Waals surface area contributed by atoms with Crippen molar-refractivity contribution < 1.29 is 17.9 Å². The summed E-state index contributed by atoms with van der Waals surface area (Å²) in [5.74, 6) is -0.367. The molecule has 1 saturated heterocycles. The number of amides is 1. The number of carbonyl (C=O) groups is 1. The quantitative estimate of drug-likeness (QED) is 0.923. The smallest absolute Gasteiger partial charge is 0.228 e. The Morgan fingerprint density at radius 3 is 2.79 bits per heavy atom. The third-order valence-corrected chi connectivity index (χ3v) is 5.03. The number of anilines is 1. The number of carbonyl (C=O) groups excluding carboxylic acids is 1. The Labute approximate surface area is 116 Å². The Morgan fingerprint density at radius 1 is 1.47 bits per heavy atom. The van der Waals surface area contributed by atoms with Gasteiger partial charge < -0.3 is 10.1 Å². The van der Waals surface area contributed by atoms with E-state index >= 15 is 0 Å². The molecule has 1 fully saturated rings. The molecule has 2 rings (SSSR count). The Hall–Kier alpha value is -1.27. The van der Waals surface area contributed by atoms with Gasteiger partial charge in [0.25, 0.3) is 0 Å². The van der Waals surface area contributed by atoms with Crippen molar-refractivity contribution in [3.8, 4) is 5.75 Å². The minimum absolute atomic E-state index is 0.0672. The predicted octanol–water partition coefficient (Wildman–Crippen LogP) is 1.72. The second kappa shape index (κ2) is 5.38. The van der Waals surface area contributed by atoms with Gasteiger partial charge in [0.1, 0.15) is 5.75 Å². The molecule has 1 unspecified atom stereocenters. The highest BCUT2D eigenvalue weighted by molar-refractivity contribution is 7.91. The summed E-state index contributed by atoms with van der Waals surface area (Å²) in [6, 6.07) is 4.86. The van der Waals surface area contributed by atoms with Crippen molar-refractivity contribution in [2.45, 2.75) is 6.42 Å². The summed E-state index contributed by atoms with van der Waals surface area (Å²) >= 11 is 5.86. The summed E-state index contributed by atoms with van der Waals surface area (Å²) in [4.78, 5) is 12.0. The lowest BCUT2D eigenvalue weighted by Gasteiger charge is -2.13. The van der Waals surface area contributed by atoms with E-state index in [1.807, 2.05) is 0 Å². The average molecular weight is 304 g/mol. The van der Waals surface area contributed by atoms with E-state index in [2.05, 4.69) is 5.32 Å². The number of nitrogens with one attached hydrogen (secondary N) is 1. The first-order valence-electron chi connectivity index (χ1n) is 5.76. The molecule has 1 aliphatic heterocycles. The number of methoxy groups -OCH3 is 1. The van der Waals surface area contributed by atoms with Gasteiger partial charge in [0.2, 0.25) is 5.91 Å². The van der Waals surface area contributed by atoms with E-state index in [4.69, 9.17) is 16.3 Å². The lowest BCUT2D eigenvalue weighted by atomic mass is 10.1. The number of ether oxygens (including phenoxy) is 1. The highest BCUT2D eigenvalue weighted by Gasteiger charge is 2.33. The molecule has 0 aromatic heterocycles. The molecule has 1 atom stereocenters. The zero-order valence-corrected chi connectivity index (χ0v) is 11.9. The van der Waals surface area contributed by atoms with Crippen LogP contribution < -0.4 is 10.1 Å². The van der Waals surface area contributed by atoms with Gasteiger partial charge in [-0.25, -0.2) is 8.42 Å². The first-order valence-corrected chi connectivity index (χ1v) is 7.96. The topological polar surface area (TPSA) is 72.5 Å².